The van der Waals surface area contributed by atoms with E-state index in [0.29, 0.717) is 21.4 Å². The number of alkyl halides is 3. The van der Waals surface area contributed by atoms with Crippen molar-refractivity contribution in [3.05, 3.63) is 69.2 Å². The van der Waals surface area contributed by atoms with E-state index in [1.165, 1.54) is 21.7 Å². The van der Waals surface area contributed by atoms with Gasteiger partial charge in [-0.25, -0.2) is 0 Å². The van der Waals surface area contributed by atoms with Gasteiger partial charge in [0.25, 0.3) is 11.1 Å². The number of carbonyl (C=O) groups is 2. The Morgan fingerprint density at radius 1 is 1.14 bits per heavy atom. The first-order valence-electron chi connectivity index (χ1n) is 11.4. The van der Waals surface area contributed by atoms with Crippen molar-refractivity contribution in [2.75, 3.05) is 20.1 Å². The van der Waals surface area contributed by atoms with Crippen molar-refractivity contribution in [2.45, 2.75) is 31.6 Å². The van der Waals surface area contributed by atoms with Crippen molar-refractivity contribution in [2.24, 2.45) is 0 Å². The van der Waals surface area contributed by atoms with Gasteiger partial charge in [0.15, 0.2) is 0 Å². The predicted octanol–water partition coefficient (Wildman–Crippen LogP) is 5.89. The molecule has 0 radical (unpaired) electrons. The summed E-state index contributed by atoms with van der Waals surface area (Å²) < 4.78 is 42.0. The molecule has 2 aliphatic heterocycles. The smallest absolute Gasteiger partial charge is 0.306 e. The van der Waals surface area contributed by atoms with E-state index in [-0.39, 0.29) is 34.3 Å². The molecule has 0 saturated carbocycles. The maximum Gasteiger partial charge on any atom is 0.416 e. The van der Waals surface area contributed by atoms with Crippen LogP contribution in [0.4, 0.5) is 18.0 Å². The Morgan fingerprint density at radius 2 is 1.89 bits per heavy atom. The van der Waals surface area contributed by atoms with Gasteiger partial charge in [-0.1, -0.05) is 23.7 Å². The minimum absolute atomic E-state index is 0.0151. The fourth-order valence-electron chi connectivity index (χ4n) is 4.63. The van der Waals surface area contributed by atoms with E-state index in [1.54, 1.807) is 30.5 Å². The van der Waals surface area contributed by atoms with Gasteiger partial charge in [0.05, 0.1) is 28.7 Å². The third-order valence-electron chi connectivity index (χ3n) is 6.54. The number of halogens is 4. The SMILES string of the molecule is CN1CCC(N2C(=O)S/C(=C\c3ccc4c(cnn4Cc4ccc(Cl)cc4C(F)(F)F)c3)C2=O)CC1. The Morgan fingerprint density at radius 3 is 2.61 bits per heavy atom. The minimum Gasteiger partial charge on any atom is -0.306 e. The van der Waals surface area contributed by atoms with Gasteiger partial charge >= 0.3 is 6.18 Å². The second-order valence-corrected chi connectivity index (χ2v) is 10.4. The van der Waals surface area contributed by atoms with E-state index in [2.05, 4.69) is 10.00 Å². The quantitative estimate of drug-likeness (QED) is 0.391. The van der Waals surface area contributed by atoms with Crippen molar-refractivity contribution in [1.82, 2.24) is 19.6 Å². The summed E-state index contributed by atoms with van der Waals surface area (Å²) in [6, 6.07) is 8.92. The van der Waals surface area contributed by atoms with Crippen LogP contribution in [0.15, 0.2) is 47.5 Å². The van der Waals surface area contributed by atoms with Gasteiger partial charge in [-0.15, -0.1) is 0 Å². The molecule has 6 nitrogen and oxygen atoms in total. The highest BCUT2D eigenvalue weighted by Crippen LogP contribution is 2.37. The Bertz CT molecular complexity index is 1380. The third kappa shape index (κ3) is 4.89. The highest BCUT2D eigenvalue weighted by molar-refractivity contribution is 8.18. The van der Waals surface area contributed by atoms with Crippen molar-refractivity contribution >= 4 is 51.5 Å². The molecule has 0 spiro atoms. The average Bonchev–Trinajstić information content (AvgIpc) is 3.34. The third-order valence-corrected chi connectivity index (χ3v) is 7.66. The number of rotatable bonds is 4. The number of fused-ring (bicyclic) bond motifs is 1. The van der Waals surface area contributed by atoms with E-state index >= 15 is 0 Å². The number of thioether (sulfide) groups is 1. The van der Waals surface area contributed by atoms with Gasteiger partial charge in [-0.05, 0) is 86.2 Å². The second kappa shape index (κ2) is 9.57. The normalized spacial score (nSPS) is 19.2. The van der Waals surface area contributed by atoms with Crippen LogP contribution in [0, 0.1) is 0 Å². The zero-order valence-corrected chi connectivity index (χ0v) is 20.8. The maximum atomic E-state index is 13.5. The number of likely N-dealkylation sites (tertiary alicyclic amines) is 1. The van der Waals surface area contributed by atoms with Gasteiger partial charge in [0.1, 0.15) is 0 Å². The van der Waals surface area contributed by atoms with Crippen LogP contribution in [0.1, 0.15) is 29.5 Å². The number of carbonyl (C=O) groups excluding carboxylic acids is 2. The summed E-state index contributed by atoms with van der Waals surface area (Å²) in [5.41, 5.74) is 0.618. The van der Waals surface area contributed by atoms with E-state index < -0.39 is 11.7 Å². The largest absolute Gasteiger partial charge is 0.416 e. The molecule has 0 bridgehead atoms. The topological polar surface area (TPSA) is 58.4 Å². The zero-order valence-electron chi connectivity index (χ0n) is 19.3. The highest BCUT2D eigenvalue weighted by Gasteiger charge is 2.40. The number of hydrogen-bond acceptors (Lipinski definition) is 5. The number of nitrogens with zero attached hydrogens (tertiary/aromatic N) is 4. The lowest BCUT2D eigenvalue weighted by atomic mass is 10.0. The maximum absolute atomic E-state index is 13.5. The lowest BCUT2D eigenvalue weighted by molar-refractivity contribution is -0.138. The summed E-state index contributed by atoms with van der Waals surface area (Å²) in [6.07, 6.45) is 0.234. The number of aromatic nitrogens is 2. The van der Waals surface area contributed by atoms with Crippen LogP contribution in [0.2, 0.25) is 5.02 Å². The molecule has 0 N–H and O–H groups in total. The molecule has 1 aromatic heterocycles. The summed E-state index contributed by atoms with van der Waals surface area (Å²) in [4.78, 5) is 29.5. The Labute approximate surface area is 214 Å². The Balaban J connectivity index is 1.38. The van der Waals surface area contributed by atoms with Crippen LogP contribution in [0.25, 0.3) is 17.0 Å². The first-order chi connectivity index (χ1) is 17.1. The van der Waals surface area contributed by atoms with Crippen molar-refractivity contribution in [1.29, 1.82) is 0 Å². The molecule has 2 saturated heterocycles. The monoisotopic (exact) mass is 534 g/mol. The number of hydrogen-bond donors (Lipinski definition) is 0. The van der Waals surface area contributed by atoms with E-state index in [1.807, 2.05) is 7.05 Å². The summed E-state index contributed by atoms with van der Waals surface area (Å²) in [7, 11) is 2.02. The van der Waals surface area contributed by atoms with E-state index in [9.17, 15) is 22.8 Å². The minimum atomic E-state index is -4.53. The predicted molar refractivity (Wildman–Crippen MR) is 134 cm³/mol. The van der Waals surface area contributed by atoms with Crippen LogP contribution in [0.5, 0.6) is 0 Å². The molecule has 0 aliphatic carbocycles. The summed E-state index contributed by atoms with van der Waals surface area (Å²) in [5, 5.41) is 4.75. The second-order valence-electron chi connectivity index (χ2n) is 9.01. The number of benzene rings is 2. The van der Waals surface area contributed by atoms with E-state index in [0.717, 1.165) is 43.8 Å². The molecule has 2 amide bonds. The summed E-state index contributed by atoms with van der Waals surface area (Å²) in [5.74, 6) is -0.280. The Kier molecular flexibility index (Phi) is 6.61. The lowest BCUT2D eigenvalue weighted by Gasteiger charge is -2.33. The van der Waals surface area contributed by atoms with Crippen LogP contribution in [-0.4, -0.2) is 56.9 Å². The van der Waals surface area contributed by atoms with Crippen LogP contribution < -0.4 is 0 Å². The summed E-state index contributed by atoms with van der Waals surface area (Å²) in [6.45, 7) is 1.60. The first-order valence-corrected chi connectivity index (χ1v) is 12.6. The van der Waals surface area contributed by atoms with Gasteiger partial charge < -0.3 is 4.90 Å². The number of amides is 2. The highest BCUT2D eigenvalue weighted by atomic mass is 35.5. The number of piperidine rings is 1. The van der Waals surface area contributed by atoms with Crippen LogP contribution in [-0.2, 0) is 17.5 Å². The van der Waals surface area contributed by atoms with E-state index in [4.69, 9.17) is 11.6 Å². The molecule has 2 aliphatic rings. The van der Waals surface area contributed by atoms with Crippen LogP contribution in [0.3, 0.4) is 0 Å². The molecule has 188 valence electrons. The molecule has 3 heterocycles. The molecule has 3 aromatic rings. The number of imide groups is 1. The molecule has 0 unspecified atom stereocenters. The van der Waals surface area contributed by atoms with Gasteiger partial charge in [0, 0.05) is 16.5 Å². The molecule has 5 rings (SSSR count). The molecular weight excluding hydrogens is 513 g/mol. The fourth-order valence-corrected chi connectivity index (χ4v) is 5.70. The molecule has 11 heteroatoms. The van der Waals surface area contributed by atoms with Gasteiger partial charge in [-0.2, -0.15) is 18.3 Å². The molecule has 36 heavy (non-hydrogen) atoms. The van der Waals surface area contributed by atoms with Crippen LogP contribution >= 0.6 is 23.4 Å². The van der Waals surface area contributed by atoms with Gasteiger partial charge in [0.2, 0.25) is 0 Å². The zero-order chi connectivity index (χ0) is 25.6. The molecule has 0 atom stereocenters. The first kappa shape index (κ1) is 24.9. The average molecular weight is 535 g/mol. The lowest BCUT2D eigenvalue weighted by Crippen LogP contribution is -2.45. The standard InChI is InChI=1S/C25H22ClF3N4O2S/c1-31-8-6-19(7-9-31)33-23(34)22(36-24(33)35)11-15-2-5-21-17(10-15)13-30-32(21)14-16-3-4-18(26)12-20(16)25(27,28)29/h2-5,10-13,19H,6-9,14H2,1H3/b22-11-. The van der Waals surface area contributed by atoms with Crippen molar-refractivity contribution < 1.29 is 22.8 Å². The fraction of sp³-hybridized carbons (Fsp3) is 0.320. The molecule has 2 fully saturated rings. The van der Waals surface area contributed by atoms with Crippen molar-refractivity contribution in [3.8, 4) is 0 Å². The summed E-state index contributed by atoms with van der Waals surface area (Å²) >= 11 is 6.72. The molecule has 2 aromatic carbocycles. The van der Waals surface area contributed by atoms with Crippen molar-refractivity contribution in [3.63, 3.8) is 0 Å². The Hall–Kier alpha value is -2.82. The molecular formula is C25H22ClF3N4O2S. The van der Waals surface area contributed by atoms with Gasteiger partial charge in [-0.3, -0.25) is 19.2 Å².